The Morgan fingerprint density at radius 2 is 1.87 bits per heavy atom. The van der Waals surface area contributed by atoms with Gasteiger partial charge in [0, 0.05) is 5.02 Å². The largest absolute Gasteiger partial charge is 0.420 e. The SMILES string of the molecule is O=C1OC(c2nc3ccccc3s2)=C/C1=C\c1ccccc1Cl. The highest BCUT2D eigenvalue weighted by Gasteiger charge is 2.24. The molecule has 0 bridgehead atoms. The van der Waals surface area contributed by atoms with Crippen LogP contribution in [0.25, 0.3) is 22.1 Å². The number of aromatic nitrogens is 1. The van der Waals surface area contributed by atoms with Crippen LogP contribution < -0.4 is 0 Å². The van der Waals surface area contributed by atoms with E-state index in [1.54, 1.807) is 18.2 Å². The fourth-order valence-corrected chi connectivity index (χ4v) is 3.44. The summed E-state index contributed by atoms with van der Waals surface area (Å²) in [7, 11) is 0. The molecule has 5 heteroatoms. The number of rotatable bonds is 2. The predicted octanol–water partition coefficient (Wildman–Crippen LogP) is 4.93. The van der Waals surface area contributed by atoms with Gasteiger partial charge >= 0.3 is 5.97 Å². The fraction of sp³-hybridized carbons (Fsp3) is 0. The first-order valence-electron chi connectivity index (χ1n) is 6.97. The van der Waals surface area contributed by atoms with Crippen molar-refractivity contribution >= 4 is 51.0 Å². The molecule has 0 aliphatic carbocycles. The number of hydrogen-bond donors (Lipinski definition) is 0. The Hall–Kier alpha value is -2.43. The number of fused-ring (bicyclic) bond motifs is 1. The summed E-state index contributed by atoms with van der Waals surface area (Å²) >= 11 is 7.63. The Kier molecular flexibility index (Phi) is 3.48. The molecule has 1 aliphatic rings. The van der Waals surface area contributed by atoms with Gasteiger partial charge in [0.2, 0.25) is 0 Å². The van der Waals surface area contributed by atoms with E-state index in [2.05, 4.69) is 4.98 Å². The van der Waals surface area contributed by atoms with Gasteiger partial charge in [-0.2, -0.15) is 0 Å². The molecule has 0 amide bonds. The Bertz CT molecular complexity index is 954. The van der Waals surface area contributed by atoms with E-state index >= 15 is 0 Å². The fourth-order valence-electron chi connectivity index (χ4n) is 2.33. The molecule has 0 fully saturated rings. The van der Waals surface area contributed by atoms with Crippen molar-refractivity contribution in [1.29, 1.82) is 0 Å². The van der Waals surface area contributed by atoms with E-state index in [1.165, 1.54) is 11.3 Å². The summed E-state index contributed by atoms with van der Waals surface area (Å²) in [6, 6.07) is 15.2. The van der Waals surface area contributed by atoms with Gasteiger partial charge in [-0.15, -0.1) is 11.3 Å². The summed E-state index contributed by atoms with van der Waals surface area (Å²) < 4.78 is 6.42. The van der Waals surface area contributed by atoms with Crippen molar-refractivity contribution in [2.75, 3.05) is 0 Å². The third-order valence-corrected chi connectivity index (χ3v) is 4.84. The number of hydrogen-bond acceptors (Lipinski definition) is 4. The minimum atomic E-state index is -0.390. The highest BCUT2D eigenvalue weighted by Crippen LogP contribution is 2.33. The molecule has 1 aliphatic heterocycles. The Balaban J connectivity index is 1.74. The Morgan fingerprint density at radius 1 is 1.09 bits per heavy atom. The van der Waals surface area contributed by atoms with E-state index < -0.39 is 0 Å². The Labute approximate surface area is 141 Å². The number of carbonyl (C=O) groups is 1. The van der Waals surface area contributed by atoms with Gasteiger partial charge in [-0.1, -0.05) is 41.9 Å². The predicted molar refractivity (Wildman–Crippen MR) is 93.1 cm³/mol. The van der Waals surface area contributed by atoms with Crippen LogP contribution in [0.2, 0.25) is 5.02 Å². The lowest BCUT2D eigenvalue weighted by atomic mass is 10.1. The first-order valence-corrected chi connectivity index (χ1v) is 8.16. The molecule has 1 aromatic heterocycles. The third-order valence-electron chi connectivity index (χ3n) is 3.45. The Morgan fingerprint density at radius 3 is 2.70 bits per heavy atom. The minimum Gasteiger partial charge on any atom is -0.420 e. The van der Waals surface area contributed by atoms with Crippen LogP contribution in [0.15, 0.2) is 60.2 Å². The maximum Gasteiger partial charge on any atom is 0.343 e. The summed E-state index contributed by atoms with van der Waals surface area (Å²) in [6.45, 7) is 0. The monoisotopic (exact) mass is 339 g/mol. The van der Waals surface area contributed by atoms with Gasteiger partial charge in [0.25, 0.3) is 0 Å². The summed E-state index contributed by atoms with van der Waals surface area (Å²) in [4.78, 5) is 16.6. The zero-order valence-electron chi connectivity index (χ0n) is 11.8. The molecule has 0 saturated carbocycles. The highest BCUT2D eigenvalue weighted by atomic mass is 35.5. The van der Waals surface area contributed by atoms with E-state index in [0.717, 1.165) is 15.8 Å². The standard InChI is InChI=1S/C18H10ClNO2S/c19-13-6-2-1-5-11(13)9-12-10-15(22-18(12)21)17-20-14-7-3-4-8-16(14)23-17/h1-10H/b12-9+. The zero-order chi connectivity index (χ0) is 15.8. The van der Waals surface area contributed by atoms with E-state index in [0.29, 0.717) is 21.4 Å². The van der Waals surface area contributed by atoms with Crippen LogP contribution in [0.4, 0.5) is 0 Å². The average Bonchev–Trinajstić information content (AvgIpc) is 3.13. The molecule has 0 atom stereocenters. The highest BCUT2D eigenvalue weighted by molar-refractivity contribution is 7.19. The van der Waals surface area contributed by atoms with Crippen LogP contribution in [-0.2, 0) is 9.53 Å². The smallest absolute Gasteiger partial charge is 0.343 e. The number of esters is 1. The van der Waals surface area contributed by atoms with Gasteiger partial charge in [-0.05, 0) is 35.9 Å². The summed E-state index contributed by atoms with van der Waals surface area (Å²) in [6.07, 6.45) is 3.44. The van der Waals surface area contributed by atoms with Crippen LogP contribution in [0.3, 0.4) is 0 Å². The third kappa shape index (κ3) is 2.67. The van der Waals surface area contributed by atoms with Gasteiger partial charge in [0.15, 0.2) is 10.8 Å². The number of thiazole rings is 1. The van der Waals surface area contributed by atoms with Gasteiger partial charge in [-0.3, -0.25) is 0 Å². The molecule has 2 heterocycles. The number of para-hydroxylation sites is 1. The lowest BCUT2D eigenvalue weighted by Crippen LogP contribution is -1.97. The van der Waals surface area contributed by atoms with Crippen LogP contribution >= 0.6 is 22.9 Å². The van der Waals surface area contributed by atoms with E-state index in [1.807, 2.05) is 42.5 Å². The second kappa shape index (κ2) is 5.65. The zero-order valence-corrected chi connectivity index (χ0v) is 13.4. The van der Waals surface area contributed by atoms with Crippen molar-refractivity contribution in [2.24, 2.45) is 0 Å². The van der Waals surface area contributed by atoms with E-state index in [-0.39, 0.29) is 5.97 Å². The van der Waals surface area contributed by atoms with Gasteiger partial charge in [0.1, 0.15) is 0 Å². The molecule has 112 valence electrons. The number of nitrogens with zero attached hydrogens (tertiary/aromatic N) is 1. The molecule has 4 rings (SSSR count). The molecule has 23 heavy (non-hydrogen) atoms. The van der Waals surface area contributed by atoms with Gasteiger partial charge in [-0.25, -0.2) is 9.78 Å². The van der Waals surface area contributed by atoms with E-state index in [9.17, 15) is 4.79 Å². The van der Waals surface area contributed by atoms with Crippen molar-refractivity contribution in [3.05, 3.63) is 75.8 Å². The molecule has 0 radical (unpaired) electrons. The molecule has 3 nitrogen and oxygen atoms in total. The second-order valence-corrected chi connectivity index (χ2v) is 6.44. The second-order valence-electron chi connectivity index (χ2n) is 5.01. The van der Waals surface area contributed by atoms with Crippen molar-refractivity contribution in [1.82, 2.24) is 4.98 Å². The number of benzene rings is 2. The van der Waals surface area contributed by atoms with Crippen molar-refractivity contribution < 1.29 is 9.53 Å². The normalized spacial score (nSPS) is 16.0. The molecule has 0 saturated heterocycles. The molecule has 0 spiro atoms. The molecule has 0 N–H and O–H groups in total. The number of ether oxygens (including phenoxy) is 1. The molecule has 0 unspecified atom stereocenters. The van der Waals surface area contributed by atoms with Crippen molar-refractivity contribution in [2.45, 2.75) is 0 Å². The first-order chi connectivity index (χ1) is 11.2. The quantitative estimate of drug-likeness (QED) is 0.491. The van der Waals surface area contributed by atoms with Crippen LogP contribution in [0, 0.1) is 0 Å². The maximum atomic E-state index is 12.1. The van der Waals surface area contributed by atoms with Crippen molar-refractivity contribution in [3.63, 3.8) is 0 Å². The molecule has 3 aromatic rings. The lowest BCUT2D eigenvalue weighted by molar-refractivity contribution is -0.130. The lowest BCUT2D eigenvalue weighted by Gasteiger charge is -1.97. The summed E-state index contributed by atoms with van der Waals surface area (Å²) in [5, 5.41) is 1.29. The number of halogens is 1. The van der Waals surface area contributed by atoms with Crippen molar-refractivity contribution in [3.8, 4) is 0 Å². The number of cyclic esters (lactones) is 1. The topological polar surface area (TPSA) is 39.2 Å². The van der Waals surface area contributed by atoms with Crippen LogP contribution in [0.5, 0.6) is 0 Å². The van der Waals surface area contributed by atoms with E-state index in [4.69, 9.17) is 16.3 Å². The molecular weight excluding hydrogens is 330 g/mol. The molecule has 2 aromatic carbocycles. The number of carbonyl (C=O) groups excluding carboxylic acids is 1. The summed E-state index contributed by atoms with van der Waals surface area (Å²) in [5.74, 6) is 0.0914. The molecular formula is C18H10ClNO2S. The van der Waals surface area contributed by atoms with Crippen LogP contribution in [0.1, 0.15) is 10.6 Å². The maximum absolute atomic E-state index is 12.1. The average molecular weight is 340 g/mol. The summed E-state index contributed by atoms with van der Waals surface area (Å²) in [5.41, 5.74) is 2.14. The van der Waals surface area contributed by atoms with Gasteiger partial charge in [0.05, 0.1) is 15.8 Å². The minimum absolute atomic E-state index is 0.390. The van der Waals surface area contributed by atoms with Gasteiger partial charge < -0.3 is 4.74 Å². The first kappa shape index (κ1) is 14.2. The van der Waals surface area contributed by atoms with Crippen LogP contribution in [-0.4, -0.2) is 11.0 Å².